The Morgan fingerprint density at radius 1 is 0.750 bits per heavy atom. The summed E-state index contributed by atoms with van der Waals surface area (Å²) in [6.07, 6.45) is 0.152. The van der Waals surface area contributed by atoms with Crippen molar-refractivity contribution in [3.63, 3.8) is 0 Å². The zero-order valence-electron chi connectivity index (χ0n) is 15.6. The van der Waals surface area contributed by atoms with Crippen LogP contribution in [0.25, 0.3) is 0 Å². The Morgan fingerprint density at radius 3 is 1.43 bits per heavy atom. The Kier molecular flexibility index (Phi) is 4.90. The van der Waals surface area contributed by atoms with Crippen LogP contribution in [-0.2, 0) is 31.9 Å². The molecule has 0 aromatic heterocycles. The van der Waals surface area contributed by atoms with Gasteiger partial charge in [0.2, 0.25) is 0 Å². The molecule has 28 heavy (non-hydrogen) atoms. The summed E-state index contributed by atoms with van der Waals surface area (Å²) in [5, 5.41) is 17.9. The Hall–Kier alpha value is -3.64. The van der Waals surface area contributed by atoms with Crippen molar-refractivity contribution in [2.75, 3.05) is 0 Å². The van der Waals surface area contributed by atoms with Crippen molar-refractivity contribution in [2.45, 2.75) is 32.5 Å². The normalized spacial score (nSPS) is 17.0. The van der Waals surface area contributed by atoms with Gasteiger partial charge in [-0.05, 0) is 48.2 Å². The number of nitrogens with zero attached hydrogens (tertiary/aromatic N) is 2. The van der Waals surface area contributed by atoms with Gasteiger partial charge in [-0.15, -0.1) is 0 Å². The third-order valence-electron chi connectivity index (χ3n) is 4.64. The lowest BCUT2D eigenvalue weighted by atomic mass is 9.75. The highest BCUT2D eigenvalue weighted by molar-refractivity contribution is 6.02. The van der Waals surface area contributed by atoms with Gasteiger partial charge in [-0.1, -0.05) is 24.3 Å². The molecule has 1 aliphatic rings. The maximum absolute atomic E-state index is 13.0. The quantitative estimate of drug-likeness (QED) is 0.602. The van der Waals surface area contributed by atoms with Gasteiger partial charge in [-0.3, -0.25) is 9.59 Å². The first-order chi connectivity index (χ1) is 13.3. The molecule has 2 aromatic rings. The monoisotopic (exact) mass is 374 g/mol. The number of rotatable bonds is 4. The number of esters is 2. The van der Waals surface area contributed by atoms with E-state index in [1.165, 1.54) is 13.8 Å². The minimum atomic E-state index is -1.54. The van der Waals surface area contributed by atoms with Crippen molar-refractivity contribution < 1.29 is 19.1 Å². The van der Waals surface area contributed by atoms with E-state index in [1.807, 2.05) is 12.1 Å². The van der Waals surface area contributed by atoms with Crippen molar-refractivity contribution >= 4 is 11.9 Å². The fourth-order valence-electron chi connectivity index (χ4n) is 3.19. The molecule has 1 saturated heterocycles. The van der Waals surface area contributed by atoms with E-state index < -0.39 is 23.1 Å². The van der Waals surface area contributed by atoms with Crippen LogP contribution in [0, 0.1) is 28.1 Å². The molecular weight excluding hydrogens is 356 g/mol. The van der Waals surface area contributed by atoms with E-state index in [4.69, 9.17) is 20.0 Å². The summed E-state index contributed by atoms with van der Waals surface area (Å²) in [4.78, 5) is 25.9. The van der Waals surface area contributed by atoms with Gasteiger partial charge in [0.15, 0.2) is 5.41 Å². The molecule has 3 rings (SSSR count). The minimum absolute atomic E-state index is 0.0758. The molecule has 0 N–H and O–H groups in total. The first-order valence-corrected chi connectivity index (χ1v) is 8.73. The molecule has 0 atom stereocenters. The van der Waals surface area contributed by atoms with Gasteiger partial charge in [0.1, 0.15) is 0 Å². The first-order valence-electron chi connectivity index (χ1n) is 8.73. The molecule has 0 amide bonds. The van der Waals surface area contributed by atoms with Gasteiger partial charge in [0, 0.05) is 13.8 Å². The second-order valence-corrected chi connectivity index (χ2v) is 7.23. The summed E-state index contributed by atoms with van der Waals surface area (Å²) in [7, 11) is 0. The summed E-state index contributed by atoms with van der Waals surface area (Å²) in [6, 6.07) is 17.4. The van der Waals surface area contributed by atoms with Crippen LogP contribution in [0.5, 0.6) is 0 Å². The highest BCUT2D eigenvalue weighted by Crippen LogP contribution is 2.38. The van der Waals surface area contributed by atoms with E-state index >= 15 is 0 Å². The SMILES string of the molecule is CC1(C)OC(=O)C(Cc2ccc(C#N)cc2)(Cc2ccc(C#N)cc2)C(=O)O1. The number of hydrogen-bond acceptors (Lipinski definition) is 6. The zero-order valence-corrected chi connectivity index (χ0v) is 15.6. The van der Waals surface area contributed by atoms with Crippen molar-refractivity contribution in [1.29, 1.82) is 10.5 Å². The number of ether oxygens (including phenoxy) is 2. The third-order valence-corrected chi connectivity index (χ3v) is 4.64. The molecule has 0 aliphatic carbocycles. The minimum Gasteiger partial charge on any atom is -0.422 e. The number of carbonyl (C=O) groups excluding carboxylic acids is 2. The fourth-order valence-corrected chi connectivity index (χ4v) is 3.19. The number of hydrogen-bond donors (Lipinski definition) is 0. The van der Waals surface area contributed by atoms with Gasteiger partial charge in [-0.2, -0.15) is 10.5 Å². The molecule has 6 nitrogen and oxygen atoms in total. The summed E-state index contributed by atoms with van der Waals surface area (Å²) in [5.41, 5.74) is 0.847. The lowest BCUT2D eigenvalue weighted by Crippen LogP contribution is -2.56. The summed E-state index contributed by atoms with van der Waals surface area (Å²) in [6.45, 7) is 3.02. The lowest BCUT2D eigenvalue weighted by molar-refractivity contribution is -0.251. The molecule has 0 unspecified atom stereocenters. The van der Waals surface area contributed by atoms with Crippen molar-refractivity contribution in [3.8, 4) is 12.1 Å². The number of cyclic esters (lactones) is 2. The Morgan fingerprint density at radius 2 is 1.11 bits per heavy atom. The third kappa shape index (κ3) is 3.72. The largest absolute Gasteiger partial charge is 0.422 e. The number of benzene rings is 2. The van der Waals surface area contributed by atoms with Crippen molar-refractivity contribution in [3.05, 3.63) is 70.8 Å². The van der Waals surface area contributed by atoms with Gasteiger partial charge >= 0.3 is 11.9 Å². The van der Waals surface area contributed by atoms with Gasteiger partial charge in [0.05, 0.1) is 23.3 Å². The van der Waals surface area contributed by atoms with Crippen LogP contribution in [0.1, 0.15) is 36.1 Å². The van der Waals surface area contributed by atoms with Crippen molar-refractivity contribution in [2.24, 2.45) is 5.41 Å². The summed E-state index contributed by atoms with van der Waals surface area (Å²) >= 11 is 0. The molecule has 0 bridgehead atoms. The van der Waals surface area contributed by atoms with E-state index in [1.54, 1.807) is 48.5 Å². The average molecular weight is 374 g/mol. The highest BCUT2D eigenvalue weighted by atomic mass is 16.7. The summed E-state index contributed by atoms with van der Waals surface area (Å²) in [5.74, 6) is -2.63. The van der Waals surface area contributed by atoms with E-state index in [9.17, 15) is 9.59 Å². The standard InChI is InChI=1S/C22H18N2O4/c1-21(2)27-19(25)22(20(26)28-21,11-15-3-7-17(13-23)8-4-15)12-16-5-9-18(14-24)10-6-16/h3-10H,11-12H2,1-2H3. The lowest BCUT2D eigenvalue weighted by Gasteiger charge is -2.40. The predicted molar refractivity (Wildman–Crippen MR) is 98.4 cm³/mol. The van der Waals surface area contributed by atoms with Crippen molar-refractivity contribution in [1.82, 2.24) is 0 Å². The number of nitriles is 2. The molecule has 2 aromatic carbocycles. The smallest absolute Gasteiger partial charge is 0.327 e. The Balaban J connectivity index is 1.99. The molecule has 1 fully saturated rings. The maximum atomic E-state index is 13.0. The van der Waals surface area contributed by atoms with Gasteiger partial charge < -0.3 is 9.47 Å². The summed E-state index contributed by atoms with van der Waals surface area (Å²) < 4.78 is 10.8. The first kappa shape index (κ1) is 19.1. The van der Waals surface area contributed by atoms with Crippen LogP contribution >= 0.6 is 0 Å². The number of carbonyl (C=O) groups is 2. The predicted octanol–water partition coefficient (Wildman–Crippen LogP) is 3.04. The molecule has 0 saturated carbocycles. The van der Waals surface area contributed by atoms with Crippen LogP contribution in [-0.4, -0.2) is 17.7 Å². The van der Waals surface area contributed by atoms with Crippen LogP contribution in [0.3, 0.4) is 0 Å². The molecule has 0 radical (unpaired) electrons. The van der Waals surface area contributed by atoms with E-state index in [0.29, 0.717) is 22.3 Å². The van der Waals surface area contributed by atoms with E-state index in [-0.39, 0.29) is 12.8 Å². The van der Waals surface area contributed by atoms with Gasteiger partial charge in [0.25, 0.3) is 5.79 Å². The van der Waals surface area contributed by atoms with Crippen LogP contribution in [0.4, 0.5) is 0 Å². The molecular formula is C22H18N2O4. The Bertz CT molecular complexity index is 911. The van der Waals surface area contributed by atoms with E-state index in [0.717, 1.165) is 0 Å². The van der Waals surface area contributed by atoms with E-state index in [2.05, 4.69) is 0 Å². The average Bonchev–Trinajstić information content (AvgIpc) is 2.66. The molecule has 1 heterocycles. The molecule has 1 aliphatic heterocycles. The molecule has 0 spiro atoms. The van der Waals surface area contributed by atoms with Crippen LogP contribution < -0.4 is 0 Å². The maximum Gasteiger partial charge on any atom is 0.327 e. The fraction of sp³-hybridized carbons (Fsp3) is 0.273. The zero-order chi connectivity index (χ0) is 20.4. The molecule has 6 heteroatoms. The van der Waals surface area contributed by atoms with Gasteiger partial charge in [-0.25, -0.2) is 0 Å². The second-order valence-electron chi connectivity index (χ2n) is 7.23. The Labute approximate surface area is 162 Å². The molecule has 140 valence electrons. The highest BCUT2D eigenvalue weighted by Gasteiger charge is 2.56. The van der Waals surface area contributed by atoms with Crippen LogP contribution in [0.2, 0.25) is 0 Å². The topological polar surface area (TPSA) is 100 Å². The van der Waals surface area contributed by atoms with Crippen LogP contribution in [0.15, 0.2) is 48.5 Å². The second kappa shape index (κ2) is 7.17.